The summed E-state index contributed by atoms with van der Waals surface area (Å²) in [6, 6.07) is 2.82. The molecule has 0 aromatic heterocycles. The zero-order valence-electron chi connectivity index (χ0n) is 7.75. The van der Waals surface area contributed by atoms with Crippen molar-refractivity contribution in [2.75, 3.05) is 0 Å². The first kappa shape index (κ1) is 10.5. The molecule has 0 bridgehead atoms. The van der Waals surface area contributed by atoms with Crippen molar-refractivity contribution in [3.8, 4) is 5.75 Å². The lowest BCUT2D eigenvalue weighted by molar-refractivity contribution is -0.136. The number of phenols is 1. The molecule has 0 radical (unpaired) electrons. The minimum Gasteiger partial charge on any atom is -0.508 e. The number of phenolic OH excluding ortho intramolecular Hbond substituents is 1. The maximum Gasteiger partial charge on any atom is 0.303 e. The Hall–Kier alpha value is -1.58. The molecule has 0 heterocycles. The minimum absolute atomic E-state index is 0.00861. The first-order chi connectivity index (χ1) is 6.52. The van der Waals surface area contributed by atoms with Gasteiger partial charge in [-0.1, -0.05) is 6.07 Å². The first-order valence-electron chi connectivity index (χ1n) is 4.21. The van der Waals surface area contributed by atoms with E-state index in [4.69, 9.17) is 5.11 Å². The summed E-state index contributed by atoms with van der Waals surface area (Å²) in [7, 11) is 0. The smallest absolute Gasteiger partial charge is 0.303 e. The van der Waals surface area contributed by atoms with Gasteiger partial charge in [0, 0.05) is 12.0 Å². The monoisotopic (exact) mass is 198 g/mol. The van der Waals surface area contributed by atoms with Crippen molar-refractivity contribution in [2.24, 2.45) is 0 Å². The van der Waals surface area contributed by atoms with Gasteiger partial charge in [-0.25, -0.2) is 4.39 Å². The van der Waals surface area contributed by atoms with E-state index in [2.05, 4.69) is 0 Å². The summed E-state index contributed by atoms with van der Waals surface area (Å²) < 4.78 is 13.4. The van der Waals surface area contributed by atoms with Crippen molar-refractivity contribution in [1.82, 2.24) is 0 Å². The van der Waals surface area contributed by atoms with Crippen molar-refractivity contribution in [1.29, 1.82) is 0 Å². The molecule has 0 spiro atoms. The lowest BCUT2D eigenvalue weighted by atomic mass is 10.0. The normalized spacial score (nSPS) is 10.1. The second kappa shape index (κ2) is 4.09. The summed E-state index contributed by atoms with van der Waals surface area (Å²) in [4.78, 5) is 10.3. The number of carbonyl (C=O) groups is 1. The van der Waals surface area contributed by atoms with E-state index in [9.17, 15) is 14.3 Å². The van der Waals surface area contributed by atoms with Crippen molar-refractivity contribution in [2.45, 2.75) is 19.8 Å². The van der Waals surface area contributed by atoms with E-state index in [0.29, 0.717) is 5.56 Å². The number of halogens is 1. The summed E-state index contributed by atoms with van der Waals surface area (Å²) in [6.07, 6.45) is -0.178. The standard InChI is InChI=1S/C10H11FO3/c1-6-2-4-8(12)7(10(6)11)3-5-9(13)14/h2,4,12H,3,5H2,1H3,(H,13,14). The van der Waals surface area contributed by atoms with E-state index < -0.39 is 11.8 Å². The second-order valence-corrected chi connectivity index (χ2v) is 3.09. The van der Waals surface area contributed by atoms with Gasteiger partial charge in [-0.15, -0.1) is 0 Å². The Bertz CT molecular complexity index is 361. The van der Waals surface area contributed by atoms with E-state index in [-0.39, 0.29) is 24.2 Å². The van der Waals surface area contributed by atoms with Crippen LogP contribution in [-0.2, 0) is 11.2 Å². The molecular weight excluding hydrogens is 187 g/mol. The Labute approximate surface area is 80.8 Å². The first-order valence-corrected chi connectivity index (χ1v) is 4.21. The molecule has 1 rings (SSSR count). The predicted octanol–water partition coefficient (Wildman–Crippen LogP) is 1.86. The lowest BCUT2D eigenvalue weighted by Crippen LogP contribution is -2.01. The molecule has 0 aliphatic carbocycles. The van der Waals surface area contributed by atoms with Crippen LogP contribution in [0.15, 0.2) is 12.1 Å². The van der Waals surface area contributed by atoms with E-state index in [1.54, 1.807) is 6.92 Å². The molecule has 76 valence electrons. The molecule has 0 saturated carbocycles. The summed E-state index contributed by atoms with van der Waals surface area (Å²) in [5.41, 5.74) is 0.482. The molecule has 3 nitrogen and oxygen atoms in total. The van der Waals surface area contributed by atoms with Crippen molar-refractivity contribution in [3.05, 3.63) is 29.1 Å². The summed E-state index contributed by atoms with van der Waals surface area (Å²) in [6.45, 7) is 1.57. The Morgan fingerprint density at radius 2 is 2.14 bits per heavy atom. The van der Waals surface area contributed by atoms with Crippen LogP contribution in [0.25, 0.3) is 0 Å². The highest BCUT2D eigenvalue weighted by molar-refractivity contribution is 5.67. The number of hydrogen-bond donors (Lipinski definition) is 2. The molecule has 2 N–H and O–H groups in total. The highest BCUT2D eigenvalue weighted by Gasteiger charge is 2.11. The van der Waals surface area contributed by atoms with E-state index in [1.807, 2.05) is 0 Å². The maximum atomic E-state index is 13.4. The fourth-order valence-corrected chi connectivity index (χ4v) is 1.20. The predicted molar refractivity (Wildman–Crippen MR) is 48.8 cm³/mol. The van der Waals surface area contributed by atoms with Gasteiger partial charge in [0.15, 0.2) is 0 Å². The van der Waals surface area contributed by atoms with Crippen LogP contribution in [0, 0.1) is 12.7 Å². The number of rotatable bonds is 3. The SMILES string of the molecule is Cc1ccc(O)c(CCC(=O)O)c1F. The molecule has 0 saturated heterocycles. The van der Waals surface area contributed by atoms with Crippen LogP contribution in [0.5, 0.6) is 5.75 Å². The van der Waals surface area contributed by atoms with Gasteiger partial charge in [0.25, 0.3) is 0 Å². The average Bonchev–Trinajstić information content (AvgIpc) is 2.11. The van der Waals surface area contributed by atoms with Gasteiger partial charge < -0.3 is 10.2 Å². The Morgan fingerprint density at radius 1 is 1.50 bits per heavy atom. The maximum absolute atomic E-state index is 13.4. The van der Waals surface area contributed by atoms with Crippen LogP contribution in [0.1, 0.15) is 17.5 Å². The van der Waals surface area contributed by atoms with E-state index >= 15 is 0 Å². The second-order valence-electron chi connectivity index (χ2n) is 3.09. The molecule has 1 aromatic rings. The van der Waals surface area contributed by atoms with Crippen LogP contribution in [-0.4, -0.2) is 16.2 Å². The fourth-order valence-electron chi connectivity index (χ4n) is 1.20. The summed E-state index contributed by atoms with van der Waals surface area (Å²) in [5.74, 6) is -1.72. The Kier molecular flexibility index (Phi) is 3.06. The molecule has 4 heteroatoms. The van der Waals surface area contributed by atoms with E-state index in [0.717, 1.165) is 0 Å². The lowest BCUT2D eigenvalue weighted by Gasteiger charge is -2.06. The van der Waals surface area contributed by atoms with Gasteiger partial charge in [0.2, 0.25) is 0 Å². The molecule has 0 aliphatic heterocycles. The molecule has 0 amide bonds. The molecule has 0 atom stereocenters. The number of aryl methyl sites for hydroxylation is 1. The average molecular weight is 198 g/mol. The fraction of sp³-hybridized carbons (Fsp3) is 0.300. The molecular formula is C10H11FO3. The quantitative estimate of drug-likeness (QED) is 0.779. The minimum atomic E-state index is -1.01. The van der Waals surface area contributed by atoms with Gasteiger partial charge in [-0.05, 0) is 25.0 Å². The van der Waals surface area contributed by atoms with Gasteiger partial charge in [0.05, 0.1) is 0 Å². The van der Waals surface area contributed by atoms with Crippen LogP contribution in [0.3, 0.4) is 0 Å². The van der Waals surface area contributed by atoms with Crippen molar-refractivity contribution < 1.29 is 19.4 Å². The van der Waals surface area contributed by atoms with Gasteiger partial charge in [-0.3, -0.25) is 4.79 Å². The topological polar surface area (TPSA) is 57.5 Å². The van der Waals surface area contributed by atoms with Crippen molar-refractivity contribution >= 4 is 5.97 Å². The van der Waals surface area contributed by atoms with Crippen LogP contribution >= 0.6 is 0 Å². The van der Waals surface area contributed by atoms with Gasteiger partial charge in [0.1, 0.15) is 11.6 Å². The number of hydrogen-bond acceptors (Lipinski definition) is 2. The van der Waals surface area contributed by atoms with Crippen LogP contribution in [0.2, 0.25) is 0 Å². The van der Waals surface area contributed by atoms with Gasteiger partial charge >= 0.3 is 5.97 Å². The largest absolute Gasteiger partial charge is 0.508 e. The summed E-state index contributed by atoms with van der Waals surface area (Å²) in [5, 5.41) is 17.7. The molecule has 1 aromatic carbocycles. The molecule has 14 heavy (non-hydrogen) atoms. The summed E-state index contributed by atoms with van der Waals surface area (Å²) >= 11 is 0. The highest BCUT2D eigenvalue weighted by Crippen LogP contribution is 2.24. The highest BCUT2D eigenvalue weighted by atomic mass is 19.1. The number of carboxylic acids is 1. The van der Waals surface area contributed by atoms with Crippen LogP contribution in [0.4, 0.5) is 4.39 Å². The van der Waals surface area contributed by atoms with Crippen LogP contribution < -0.4 is 0 Å². The molecule has 0 unspecified atom stereocenters. The number of carboxylic acid groups (broad SMARTS) is 1. The number of aromatic hydroxyl groups is 1. The molecule has 0 fully saturated rings. The number of aliphatic carboxylic acids is 1. The molecule has 0 aliphatic rings. The third kappa shape index (κ3) is 2.22. The van der Waals surface area contributed by atoms with E-state index in [1.165, 1.54) is 12.1 Å². The third-order valence-corrected chi connectivity index (χ3v) is 2.00. The zero-order chi connectivity index (χ0) is 10.7. The Morgan fingerprint density at radius 3 is 2.71 bits per heavy atom. The Balaban J connectivity index is 2.95. The number of benzene rings is 1. The van der Waals surface area contributed by atoms with Crippen molar-refractivity contribution in [3.63, 3.8) is 0 Å². The van der Waals surface area contributed by atoms with Gasteiger partial charge in [-0.2, -0.15) is 0 Å². The third-order valence-electron chi connectivity index (χ3n) is 2.00. The zero-order valence-corrected chi connectivity index (χ0v) is 7.75.